The second kappa shape index (κ2) is 2.16. The van der Waals surface area contributed by atoms with Crippen molar-refractivity contribution in [3.63, 3.8) is 0 Å². The molecule has 0 aromatic carbocycles. The van der Waals surface area contributed by atoms with Crippen molar-refractivity contribution in [2.24, 2.45) is 0 Å². The van der Waals surface area contributed by atoms with Gasteiger partial charge < -0.3 is 4.80 Å². The third kappa shape index (κ3) is 4.76. The van der Waals surface area contributed by atoms with Gasteiger partial charge in [-0.1, -0.05) is 0 Å². The summed E-state index contributed by atoms with van der Waals surface area (Å²) in [5.41, 5.74) is 0.203. The number of hydrogen-bond donors (Lipinski definition) is 1. The highest BCUT2D eigenvalue weighted by Crippen LogP contribution is 2.03. The first-order valence-corrected chi connectivity index (χ1v) is 5.73. The maximum Gasteiger partial charge on any atom is 0.299 e. The SMILES string of the molecule is C[Si](O)(Cl)CCl. The number of alkyl halides is 1. The van der Waals surface area contributed by atoms with Crippen molar-refractivity contribution in [2.45, 2.75) is 6.55 Å². The van der Waals surface area contributed by atoms with E-state index in [2.05, 4.69) is 0 Å². The first kappa shape index (κ1) is 6.76. The average Bonchev–Trinajstić information content (AvgIpc) is 1.35. The molecule has 1 nitrogen and oxygen atoms in total. The topological polar surface area (TPSA) is 20.2 Å². The third-order valence-electron chi connectivity index (χ3n) is 0.244. The van der Waals surface area contributed by atoms with Crippen molar-refractivity contribution in [3.8, 4) is 0 Å². The zero-order chi connectivity index (χ0) is 5.21. The summed E-state index contributed by atoms with van der Waals surface area (Å²) in [6.45, 7) is 1.57. The summed E-state index contributed by atoms with van der Waals surface area (Å²) in [5, 5.41) is 0. The molecule has 0 aliphatic heterocycles. The lowest BCUT2D eigenvalue weighted by Crippen LogP contribution is -2.23. The van der Waals surface area contributed by atoms with E-state index in [1.807, 2.05) is 0 Å². The van der Waals surface area contributed by atoms with Crippen LogP contribution in [0.2, 0.25) is 6.55 Å². The predicted octanol–water partition coefficient (Wildman–Crippen LogP) is 1.07. The summed E-state index contributed by atoms with van der Waals surface area (Å²) in [6, 6.07) is 0. The van der Waals surface area contributed by atoms with Crippen LogP contribution in [0.4, 0.5) is 0 Å². The highest BCUT2D eigenvalue weighted by molar-refractivity contribution is 7.17. The second-order valence-corrected chi connectivity index (χ2v) is 7.07. The second-order valence-electron chi connectivity index (χ2n) is 1.28. The Morgan fingerprint density at radius 3 is 2.00 bits per heavy atom. The molecule has 1 unspecified atom stereocenters. The van der Waals surface area contributed by atoms with E-state index in [1.54, 1.807) is 6.55 Å². The van der Waals surface area contributed by atoms with Gasteiger partial charge >= 0.3 is 0 Å². The molecule has 0 fully saturated rings. The van der Waals surface area contributed by atoms with Crippen molar-refractivity contribution < 1.29 is 4.80 Å². The molecule has 0 aliphatic carbocycles. The fourth-order valence-electron chi connectivity index (χ4n) is 0. The standard InChI is InChI=1S/C2H6Cl2OSi/c1-6(4,5)2-3/h5H,2H2,1H3. The summed E-state index contributed by atoms with van der Waals surface area (Å²) >= 11 is 10.4. The molecule has 0 heterocycles. The van der Waals surface area contributed by atoms with Gasteiger partial charge in [0, 0.05) is 0 Å². The van der Waals surface area contributed by atoms with Crippen LogP contribution >= 0.6 is 22.7 Å². The molecule has 0 spiro atoms. The molecule has 6 heavy (non-hydrogen) atoms. The number of halogens is 2. The summed E-state index contributed by atoms with van der Waals surface area (Å²) in [7, 11) is -2.39. The molecule has 0 rings (SSSR count). The Morgan fingerprint density at radius 2 is 2.00 bits per heavy atom. The molecule has 0 amide bonds. The highest BCUT2D eigenvalue weighted by Gasteiger charge is 2.17. The van der Waals surface area contributed by atoms with Crippen LogP contribution in [0.1, 0.15) is 0 Å². The maximum absolute atomic E-state index is 8.60. The van der Waals surface area contributed by atoms with E-state index < -0.39 is 7.63 Å². The largest absolute Gasteiger partial charge is 0.419 e. The van der Waals surface area contributed by atoms with Crippen molar-refractivity contribution in [3.05, 3.63) is 0 Å². The van der Waals surface area contributed by atoms with Crippen LogP contribution in [0.25, 0.3) is 0 Å². The van der Waals surface area contributed by atoms with Crippen LogP contribution in [0, 0.1) is 0 Å². The average molecular weight is 145 g/mol. The van der Waals surface area contributed by atoms with E-state index in [4.69, 9.17) is 27.5 Å². The fourth-order valence-corrected chi connectivity index (χ4v) is 0. The van der Waals surface area contributed by atoms with Crippen LogP contribution in [0.3, 0.4) is 0 Å². The molecule has 0 saturated carbocycles. The van der Waals surface area contributed by atoms with Crippen LogP contribution < -0.4 is 0 Å². The van der Waals surface area contributed by atoms with Gasteiger partial charge in [-0.15, -0.1) is 22.7 Å². The Hall–Kier alpha value is 0.757. The van der Waals surface area contributed by atoms with Gasteiger partial charge in [-0.25, -0.2) is 0 Å². The Bertz CT molecular complexity index is 41.3. The van der Waals surface area contributed by atoms with Gasteiger partial charge in [0.1, 0.15) is 0 Å². The van der Waals surface area contributed by atoms with Crippen molar-refractivity contribution in [1.29, 1.82) is 0 Å². The lowest BCUT2D eigenvalue weighted by Gasteiger charge is -2.01. The van der Waals surface area contributed by atoms with Gasteiger partial charge in [0.05, 0.1) is 5.50 Å². The number of rotatable bonds is 1. The molecular weight excluding hydrogens is 139 g/mol. The van der Waals surface area contributed by atoms with E-state index in [0.29, 0.717) is 0 Å². The molecule has 0 aromatic heterocycles. The molecule has 4 heteroatoms. The molecule has 38 valence electrons. The monoisotopic (exact) mass is 144 g/mol. The smallest absolute Gasteiger partial charge is 0.299 e. The fraction of sp³-hybridized carbons (Fsp3) is 1.00. The Balaban J connectivity index is 3.17. The van der Waals surface area contributed by atoms with Crippen molar-refractivity contribution in [2.75, 3.05) is 5.50 Å². The van der Waals surface area contributed by atoms with Crippen LogP contribution in [-0.4, -0.2) is 17.9 Å². The summed E-state index contributed by atoms with van der Waals surface area (Å²) in [5.74, 6) is 0. The maximum atomic E-state index is 8.60. The zero-order valence-electron chi connectivity index (χ0n) is 3.41. The third-order valence-corrected chi connectivity index (χ3v) is 3.10. The normalized spacial score (nSPS) is 20.0. The first-order chi connectivity index (χ1) is 2.56. The molecule has 0 aromatic rings. The highest BCUT2D eigenvalue weighted by atomic mass is 35.6. The molecule has 0 aliphatic rings. The summed E-state index contributed by atoms with van der Waals surface area (Å²) in [6.07, 6.45) is 0. The predicted molar refractivity (Wildman–Crippen MR) is 30.4 cm³/mol. The van der Waals surface area contributed by atoms with Crippen LogP contribution in [-0.2, 0) is 0 Å². The quantitative estimate of drug-likeness (QED) is 0.332. The zero-order valence-corrected chi connectivity index (χ0v) is 5.92. The molecule has 0 bridgehead atoms. The minimum absolute atomic E-state index is 0.203. The number of hydrogen-bond acceptors (Lipinski definition) is 1. The summed E-state index contributed by atoms with van der Waals surface area (Å²) in [4.78, 5) is 8.60. The first-order valence-electron chi connectivity index (χ1n) is 1.53. The summed E-state index contributed by atoms with van der Waals surface area (Å²) < 4.78 is 0. The van der Waals surface area contributed by atoms with Crippen LogP contribution in [0.15, 0.2) is 0 Å². The molecule has 0 saturated heterocycles. The van der Waals surface area contributed by atoms with Gasteiger partial charge in [-0.05, 0) is 6.55 Å². The molecule has 0 radical (unpaired) electrons. The molecule has 1 atom stereocenters. The van der Waals surface area contributed by atoms with Gasteiger partial charge in [0.25, 0.3) is 7.63 Å². The van der Waals surface area contributed by atoms with Gasteiger partial charge in [-0.3, -0.25) is 0 Å². The lowest BCUT2D eigenvalue weighted by atomic mass is 11.9. The van der Waals surface area contributed by atoms with E-state index in [9.17, 15) is 0 Å². The molecular formula is C2H6Cl2OSi. The van der Waals surface area contributed by atoms with Gasteiger partial charge in [0.2, 0.25) is 0 Å². The van der Waals surface area contributed by atoms with Crippen molar-refractivity contribution >= 4 is 30.3 Å². The molecule has 1 N–H and O–H groups in total. The van der Waals surface area contributed by atoms with E-state index in [0.717, 1.165) is 0 Å². The Morgan fingerprint density at radius 1 is 1.83 bits per heavy atom. The minimum atomic E-state index is -2.39. The Labute approximate surface area is 47.7 Å². The lowest BCUT2D eigenvalue weighted by molar-refractivity contribution is 0.575. The van der Waals surface area contributed by atoms with Crippen molar-refractivity contribution in [1.82, 2.24) is 0 Å². The van der Waals surface area contributed by atoms with Gasteiger partial charge in [0.15, 0.2) is 0 Å². The van der Waals surface area contributed by atoms with E-state index in [1.165, 1.54) is 0 Å². The Kier molecular flexibility index (Phi) is 2.44. The van der Waals surface area contributed by atoms with Crippen LogP contribution in [0.5, 0.6) is 0 Å². The minimum Gasteiger partial charge on any atom is -0.419 e. The van der Waals surface area contributed by atoms with E-state index >= 15 is 0 Å². The van der Waals surface area contributed by atoms with E-state index in [-0.39, 0.29) is 5.50 Å². The van der Waals surface area contributed by atoms with Gasteiger partial charge in [-0.2, -0.15) is 0 Å².